The Hall–Kier alpha value is 0.237. The van der Waals surface area contributed by atoms with Gasteiger partial charge in [-0.2, -0.15) is 0 Å². The third-order valence-corrected chi connectivity index (χ3v) is 0. The highest BCUT2D eigenvalue weighted by atomic mass is 31.1. The third-order valence-electron chi connectivity index (χ3n) is 0. The SMILES string of the molecule is O=[P+](O)O.[Si]. The molecule has 0 fully saturated rings. The van der Waals surface area contributed by atoms with Gasteiger partial charge in [-0.25, -0.2) is 0 Å². The van der Waals surface area contributed by atoms with Gasteiger partial charge in [-0.05, 0) is 0 Å². The monoisotopic (exact) mass is 109 g/mol. The van der Waals surface area contributed by atoms with Crippen molar-refractivity contribution in [2.45, 2.75) is 0 Å². The average Bonchev–Trinajstić information content (AvgIpc) is 0.811. The molecule has 3 nitrogen and oxygen atoms in total. The van der Waals surface area contributed by atoms with Gasteiger partial charge in [-0.1, -0.05) is 0 Å². The van der Waals surface area contributed by atoms with Crippen LogP contribution in [0.15, 0.2) is 0 Å². The Morgan fingerprint density at radius 2 is 1.40 bits per heavy atom. The summed E-state index contributed by atoms with van der Waals surface area (Å²) in [6, 6.07) is 0. The molecule has 5 heavy (non-hydrogen) atoms. The normalized spacial score (nSPS) is 5.20. The van der Waals surface area contributed by atoms with Gasteiger partial charge in [0, 0.05) is 15.5 Å². The van der Waals surface area contributed by atoms with Gasteiger partial charge in [0.1, 0.15) is 0 Å². The van der Waals surface area contributed by atoms with Crippen LogP contribution in [-0.2, 0) is 4.57 Å². The van der Waals surface area contributed by atoms with Gasteiger partial charge in [0.15, 0.2) is 0 Å². The second-order valence-electron chi connectivity index (χ2n) is 0.253. The van der Waals surface area contributed by atoms with Crippen molar-refractivity contribution in [3.05, 3.63) is 0 Å². The molecule has 0 saturated heterocycles. The van der Waals surface area contributed by atoms with Crippen molar-refractivity contribution in [3.8, 4) is 0 Å². The molecule has 0 amide bonds. The zero-order chi connectivity index (χ0) is 3.58. The van der Waals surface area contributed by atoms with Crippen LogP contribution >= 0.6 is 8.25 Å². The number of hydrogen-bond acceptors (Lipinski definition) is 1. The van der Waals surface area contributed by atoms with Crippen LogP contribution in [0.3, 0.4) is 0 Å². The van der Waals surface area contributed by atoms with Crippen molar-refractivity contribution in [1.82, 2.24) is 0 Å². The number of rotatable bonds is 0. The predicted octanol–water partition coefficient (Wildman–Crippen LogP) is -0.752. The first-order chi connectivity index (χ1) is 1.73. The minimum absolute atomic E-state index is 0. The fourth-order valence-corrected chi connectivity index (χ4v) is 0. The average molecular weight is 109 g/mol. The van der Waals surface area contributed by atoms with Crippen LogP contribution in [0.4, 0.5) is 0 Å². The summed E-state index contributed by atoms with van der Waals surface area (Å²) in [5, 5.41) is 0. The van der Waals surface area contributed by atoms with Crippen LogP contribution in [0.5, 0.6) is 0 Å². The topological polar surface area (TPSA) is 57.5 Å². The van der Waals surface area contributed by atoms with E-state index in [1.54, 1.807) is 0 Å². The van der Waals surface area contributed by atoms with Gasteiger partial charge in [-0.3, -0.25) is 0 Å². The Morgan fingerprint density at radius 1 is 1.40 bits per heavy atom. The van der Waals surface area contributed by atoms with E-state index in [2.05, 4.69) is 0 Å². The summed E-state index contributed by atoms with van der Waals surface area (Å²) in [5.41, 5.74) is 0. The Kier molecular flexibility index (Phi) is 7.60. The molecule has 0 aromatic rings. The third kappa shape index (κ3) is 378. The first-order valence-electron chi connectivity index (χ1n) is 0.583. The van der Waals surface area contributed by atoms with Crippen LogP contribution in [0.2, 0.25) is 0 Å². The van der Waals surface area contributed by atoms with E-state index in [0.717, 1.165) is 0 Å². The smallest absolute Gasteiger partial charge is 0.134 e. The van der Waals surface area contributed by atoms with Gasteiger partial charge in [0.2, 0.25) is 0 Å². The molecule has 0 aliphatic carbocycles. The first kappa shape index (κ1) is 8.97. The molecule has 0 aliphatic heterocycles. The van der Waals surface area contributed by atoms with E-state index in [-0.39, 0.29) is 11.0 Å². The number of hydrogen-bond donors (Lipinski definition) is 2. The first-order valence-corrected chi connectivity index (χ1v) is 1.75. The van der Waals surface area contributed by atoms with Crippen LogP contribution < -0.4 is 0 Å². The Labute approximate surface area is 34.6 Å². The van der Waals surface area contributed by atoms with E-state index in [1.165, 1.54) is 0 Å². The zero-order valence-electron chi connectivity index (χ0n) is 2.25. The molecule has 2 N–H and O–H groups in total. The molecule has 0 atom stereocenters. The summed E-state index contributed by atoms with van der Waals surface area (Å²) in [6.45, 7) is 0. The van der Waals surface area contributed by atoms with Crippen molar-refractivity contribution in [2.75, 3.05) is 0 Å². The molecule has 0 aromatic carbocycles. The highest BCUT2D eigenvalue weighted by Gasteiger charge is 1.93. The molecule has 0 saturated carbocycles. The summed E-state index contributed by atoms with van der Waals surface area (Å²) in [4.78, 5) is 14.2. The Morgan fingerprint density at radius 3 is 1.40 bits per heavy atom. The Balaban J connectivity index is 0. The molecule has 0 aromatic heterocycles. The van der Waals surface area contributed by atoms with E-state index in [4.69, 9.17) is 14.4 Å². The molecule has 0 heterocycles. The molecular weight excluding hydrogens is 107 g/mol. The summed E-state index contributed by atoms with van der Waals surface area (Å²) < 4.78 is 8.70. The molecule has 4 radical (unpaired) electrons. The Bertz CT molecular complexity index is 29.9. The van der Waals surface area contributed by atoms with Crippen LogP contribution in [0, 0.1) is 0 Å². The summed E-state index contributed by atoms with van der Waals surface area (Å²) in [6.07, 6.45) is 0. The summed E-state index contributed by atoms with van der Waals surface area (Å²) in [7, 11) is -2.87. The van der Waals surface area contributed by atoms with Crippen LogP contribution in [0.25, 0.3) is 0 Å². The second kappa shape index (κ2) is 4.24. The quantitative estimate of drug-likeness (QED) is 0.318. The maximum Gasteiger partial charge on any atom is 0.692 e. The van der Waals surface area contributed by atoms with Gasteiger partial charge >= 0.3 is 8.25 Å². The fourth-order valence-electron chi connectivity index (χ4n) is 0. The van der Waals surface area contributed by atoms with Crippen molar-refractivity contribution < 1.29 is 14.4 Å². The molecule has 0 spiro atoms. The summed E-state index contributed by atoms with van der Waals surface area (Å²) >= 11 is 0. The van der Waals surface area contributed by atoms with Crippen molar-refractivity contribution in [2.24, 2.45) is 0 Å². The molecule has 28 valence electrons. The lowest BCUT2D eigenvalue weighted by molar-refractivity contribution is 0.405. The lowest BCUT2D eigenvalue weighted by Crippen LogP contribution is -1.38. The van der Waals surface area contributed by atoms with E-state index < -0.39 is 8.25 Å². The molecular formula is H2O3PSi+. The van der Waals surface area contributed by atoms with E-state index in [0.29, 0.717) is 0 Å². The zero-order valence-corrected chi connectivity index (χ0v) is 4.14. The van der Waals surface area contributed by atoms with Gasteiger partial charge in [0.05, 0.1) is 0 Å². The van der Waals surface area contributed by atoms with Crippen LogP contribution in [0.1, 0.15) is 0 Å². The van der Waals surface area contributed by atoms with Gasteiger partial charge in [0.25, 0.3) is 0 Å². The van der Waals surface area contributed by atoms with E-state index in [9.17, 15) is 0 Å². The van der Waals surface area contributed by atoms with E-state index >= 15 is 0 Å². The molecule has 0 rings (SSSR count). The highest BCUT2D eigenvalue weighted by Crippen LogP contribution is 1.98. The van der Waals surface area contributed by atoms with Gasteiger partial charge < -0.3 is 0 Å². The van der Waals surface area contributed by atoms with Crippen molar-refractivity contribution >= 4 is 19.2 Å². The summed E-state index contributed by atoms with van der Waals surface area (Å²) in [5.74, 6) is 0. The lowest BCUT2D eigenvalue weighted by atomic mass is 15.8. The van der Waals surface area contributed by atoms with Crippen molar-refractivity contribution in [1.29, 1.82) is 0 Å². The lowest BCUT2D eigenvalue weighted by Gasteiger charge is -1.34. The second-order valence-corrected chi connectivity index (χ2v) is 0.758. The molecule has 0 aliphatic rings. The van der Waals surface area contributed by atoms with Crippen molar-refractivity contribution in [3.63, 3.8) is 0 Å². The highest BCUT2D eigenvalue weighted by molar-refractivity contribution is 7.30. The minimum atomic E-state index is -2.87. The van der Waals surface area contributed by atoms with E-state index in [1.807, 2.05) is 0 Å². The minimum Gasteiger partial charge on any atom is -0.134 e. The maximum atomic E-state index is 8.70. The predicted molar refractivity (Wildman–Crippen MR) is 17.8 cm³/mol. The molecule has 0 unspecified atom stereocenters. The largest absolute Gasteiger partial charge is 0.692 e. The molecule has 0 bridgehead atoms. The molecule has 5 heteroatoms. The van der Waals surface area contributed by atoms with Crippen LogP contribution in [-0.4, -0.2) is 20.8 Å². The maximum absolute atomic E-state index is 8.70. The fraction of sp³-hybridized carbons (Fsp3) is 0. The van der Waals surface area contributed by atoms with Gasteiger partial charge in [-0.15, -0.1) is 9.79 Å². The standard InChI is InChI=1S/HO3P.Si/c1-4(2)3;/h(H-,1,2,3);/p+1.